The van der Waals surface area contributed by atoms with E-state index in [0.29, 0.717) is 29.7 Å². The summed E-state index contributed by atoms with van der Waals surface area (Å²) in [7, 11) is 0. The Morgan fingerprint density at radius 2 is 1.91 bits per heavy atom. The quantitative estimate of drug-likeness (QED) is 0.531. The molecule has 0 aliphatic carbocycles. The van der Waals surface area contributed by atoms with Crippen molar-refractivity contribution in [3.63, 3.8) is 0 Å². The van der Waals surface area contributed by atoms with Gasteiger partial charge in [0.25, 0.3) is 0 Å². The number of hydrogen-bond donors (Lipinski definition) is 2. The van der Waals surface area contributed by atoms with Gasteiger partial charge in [-0.05, 0) is 49.7 Å². The van der Waals surface area contributed by atoms with Crippen LogP contribution in [0, 0.1) is 0 Å². The van der Waals surface area contributed by atoms with Crippen molar-refractivity contribution in [1.82, 2.24) is 4.90 Å². The van der Waals surface area contributed by atoms with Crippen molar-refractivity contribution in [2.45, 2.75) is 31.9 Å². The Balaban J connectivity index is 1.77. The van der Waals surface area contributed by atoms with Crippen LogP contribution in [0.15, 0.2) is 41.4 Å². The highest BCUT2D eigenvalue weighted by molar-refractivity contribution is 8.15. The molecule has 32 heavy (non-hydrogen) atoms. The molecule has 0 spiro atoms. The second-order valence-electron chi connectivity index (χ2n) is 6.96. The zero-order valence-corrected chi connectivity index (χ0v) is 19.9. The van der Waals surface area contributed by atoms with E-state index in [-0.39, 0.29) is 34.0 Å². The standard InChI is InChI=1S/C22H23Cl2N3O4S/c1-3-9-31-15-7-5-13(6-8-15)25-21(30)18-12-19(28)27(4-2)22(32-18)26-14-10-16(23)20(29)17(24)11-14/h5-8,10-11,18,29H,3-4,9,12H2,1-2H3,(H,25,30). The molecule has 1 unspecified atom stereocenters. The Kier molecular flexibility index (Phi) is 8.28. The van der Waals surface area contributed by atoms with Crippen LogP contribution in [0.25, 0.3) is 0 Å². The lowest BCUT2D eigenvalue weighted by Gasteiger charge is -2.31. The fraction of sp³-hybridized carbons (Fsp3) is 0.318. The summed E-state index contributed by atoms with van der Waals surface area (Å²) < 4.78 is 5.55. The number of anilines is 1. The lowest BCUT2D eigenvalue weighted by molar-refractivity contribution is -0.129. The molecule has 2 aromatic carbocycles. The highest BCUT2D eigenvalue weighted by atomic mass is 35.5. The van der Waals surface area contributed by atoms with Crippen LogP contribution in [0.5, 0.6) is 11.5 Å². The van der Waals surface area contributed by atoms with Gasteiger partial charge in [-0.1, -0.05) is 41.9 Å². The van der Waals surface area contributed by atoms with Crippen LogP contribution in [0.1, 0.15) is 26.7 Å². The fourth-order valence-corrected chi connectivity index (χ4v) is 4.59. The Hall–Kier alpha value is -2.42. The molecule has 7 nitrogen and oxygen atoms in total. The smallest absolute Gasteiger partial charge is 0.238 e. The maximum absolute atomic E-state index is 12.9. The second-order valence-corrected chi connectivity index (χ2v) is 8.95. The number of ether oxygens (including phenoxy) is 1. The van der Waals surface area contributed by atoms with Crippen LogP contribution < -0.4 is 10.1 Å². The number of benzene rings is 2. The van der Waals surface area contributed by atoms with Crippen LogP contribution in [-0.4, -0.2) is 45.4 Å². The van der Waals surface area contributed by atoms with Crippen LogP contribution in [0.3, 0.4) is 0 Å². The first kappa shape index (κ1) is 24.2. The van der Waals surface area contributed by atoms with E-state index in [2.05, 4.69) is 10.3 Å². The van der Waals surface area contributed by atoms with Crippen molar-refractivity contribution in [3.05, 3.63) is 46.4 Å². The minimum absolute atomic E-state index is 0.0488. The number of carbonyl (C=O) groups excluding carboxylic acids is 2. The molecular weight excluding hydrogens is 473 g/mol. The maximum Gasteiger partial charge on any atom is 0.238 e. The maximum atomic E-state index is 12.9. The lowest BCUT2D eigenvalue weighted by atomic mass is 10.2. The first-order chi connectivity index (χ1) is 15.3. The van der Waals surface area contributed by atoms with Gasteiger partial charge in [-0.15, -0.1) is 0 Å². The summed E-state index contributed by atoms with van der Waals surface area (Å²) in [4.78, 5) is 31.5. The van der Waals surface area contributed by atoms with E-state index in [1.807, 2.05) is 13.8 Å². The molecule has 0 saturated carbocycles. The van der Waals surface area contributed by atoms with Gasteiger partial charge in [0.1, 0.15) is 11.0 Å². The Morgan fingerprint density at radius 3 is 2.50 bits per heavy atom. The van der Waals surface area contributed by atoms with Crippen molar-refractivity contribution < 1.29 is 19.4 Å². The summed E-state index contributed by atoms with van der Waals surface area (Å²) in [6.45, 7) is 4.88. The fourth-order valence-electron chi connectivity index (χ4n) is 2.96. The Bertz CT molecular complexity index is 1010. The summed E-state index contributed by atoms with van der Waals surface area (Å²) in [5.74, 6) is -0.00750. The molecule has 1 aliphatic rings. The molecule has 1 aliphatic heterocycles. The molecule has 1 heterocycles. The number of rotatable bonds is 7. The van der Waals surface area contributed by atoms with Crippen LogP contribution in [-0.2, 0) is 9.59 Å². The van der Waals surface area contributed by atoms with Crippen molar-refractivity contribution in [2.24, 2.45) is 4.99 Å². The molecule has 170 valence electrons. The largest absolute Gasteiger partial charge is 0.505 e. The molecule has 0 bridgehead atoms. The van der Waals surface area contributed by atoms with E-state index in [1.165, 1.54) is 28.8 Å². The number of hydrogen-bond acceptors (Lipinski definition) is 6. The van der Waals surface area contributed by atoms with Gasteiger partial charge in [0.2, 0.25) is 11.8 Å². The molecule has 10 heteroatoms. The average molecular weight is 496 g/mol. The molecule has 0 radical (unpaired) electrons. The molecule has 2 amide bonds. The number of phenolic OH excluding ortho intramolecular Hbond substituents is 1. The molecule has 1 atom stereocenters. The van der Waals surface area contributed by atoms with E-state index in [9.17, 15) is 14.7 Å². The first-order valence-corrected chi connectivity index (χ1v) is 11.7. The normalized spacial score (nSPS) is 17.5. The number of carbonyl (C=O) groups is 2. The molecule has 3 rings (SSSR count). The third-order valence-corrected chi connectivity index (χ3v) is 6.33. The number of phenols is 1. The summed E-state index contributed by atoms with van der Waals surface area (Å²) >= 11 is 13.2. The summed E-state index contributed by atoms with van der Waals surface area (Å²) in [6, 6.07) is 9.97. The van der Waals surface area contributed by atoms with Crippen LogP contribution in [0.4, 0.5) is 11.4 Å². The zero-order chi connectivity index (χ0) is 23.3. The van der Waals surface area contributed by atoms with Gasteiger partial charge in [0, 0.05) is 18.7 Å². The van der Waals surface area contributed by atoms with Crippen LogP contribution >= 0.6 is 35.0 Å². The van der Waals surface area contributed by atoms with Gasteiger partial charge >= 0.3 is 0 Å². The number of aliphatic imine (C=N–C) groups is 1. The highest BCUT2D eigenvalue weighted by Gasteiger charge is 2.35. The predicted molar refractivity (Wildman–Crippen MR) is 129 cm³/mol. The van der Waals surface area contributed by atoms with E-state index >= 15 is 0 Å². The molecule has 1 saturated heterocycles. The number of thioether (sulfide) groups is 1. The van der Waals surface area contributed by atoms with E-state index in [4.69, 9.17) is 27.9 Å². The summed E-state index contributed by atoms with van der Waals surface area (Å²) in [5.41, 5.74) is 0.982. The van der Waals surface area contributed by atoms with Gasteiger partial charge in [0.15, 0.2) is 10.9 Å². The Labute approximate surface area is 200 Å². The van der Waals surface area contributed by atoms with Crippen molar-refractivity contribution >= 4 is 63.3 Å². The average Bonchev–Trinajstić information content (AvgIpc) is 2.76. The number of amidine groups is 1. The predicted octanol–water partition coefficient (Wildman–Crippen LogP) is 5.47. The minimum atomic E-state index is -0.650. The Morgan fingerprint density at radius 1 is 1.25 bits per heavy atom. The van der Waals surface area contributed by atoms with E-state index < -0.39 is 5.25 Å². The first-order valence-electron chi connectivity index (χ1n) is 10.1. The highest BCUT2D eigenvalue weighted by Crippen LogP contribution is 2.37. The number of nitrogens with zero attached hydrogens (tertiary/aromatic N) is 2. The van der Waals surface area contributed by atoms with E-state index in [1.54, 1.807) is 24.3 Å². The van der Waals surface area contributed by atoms with Crippen molar-refractivity contribution in [1.29, 1.82) is 0 Å². The van der Waals surface area contributed by atoms with Crippen molar-refractivity contribution in [2.75, 3.05) is 18.5 Å². The second kappa shape index (κ2) is 10.9. The van der Waals surface area contributed by atoms with Crippen molar-refractivity contribution in [3.8, 4) is 11.5 Å². The van der Waals surface area contributed by atoms with Gasteiger partial charge in [-0.25, -0.2) is 4.99 Å². The van der Waals surface area contributed by atoms with Crippen LogP contribution in [0.2, 0.25) is 10.0 Å². The zero-order valence-electron chi connectivity index (χ0n) is 17.6. The third kappa shape index (κ3) is 5.88. The summed E-state index contributed by atoms with van der Waals surface area (Å²) in [6.07, 6.45) is 0.963. The minimum Gasteiger partial charge on any atom is -0.505 e. The third-order valence-electron chi connectivity index (χ3n) is 4.57. The lowest BCUT2D eigenvalue weighted by Crippen LogP contribution is -2.45. The van der Waals surface area contributed by atoms with Gasteiger partial charge in [-0.2, -0.15) is 0 Å². The van der Waals surface area contributed by atoms with E-state index in [0.717, 1.165) is 12.2 Å². The molecule has 1 fully saturated rings. The molecule has 0 aromatic heterocycles. The topological polar surface area (TPSA) is 91.2 Å². The number of amides is 2. The molecule has 2 aromatic rings. The molecular formula is C22H23Cl2N3O4S. The van der Waals surface area contributed by atoms with Gasteiger partial charge < -0.3 is 15.2 Å². The van der Waals surface area contributed by atoms with Gasteiger partial charge in [-0.3, -0.25) is 14.5 Å². The number of aromatic hydroxyl groups is 1. The number of halogens is 2. The number of nitrogens with one attached hydrogen (secondary N) is 1. The monoisotopic (exact) mass is 495 g/mol. The summed E-state index contributed by atoms with van der Waals surface area (Å²) in [5, 5.41) is 12.4. The SMILES string of the molecule is CCCOc1ccc(NC(=O)C2CC(=O)N(CC)C(=Nc3cc(Cl)c(O)c(Cl)c3)S2)cc1. The molecule has 2 N–H and O–H groups in total. The van der Waals surface area contributed by atoms with Gasteiger partial charge in [0.05, 0.1) is 22.3 Å².